The van der Waals surface area contributed by atoms with Gasteiger partial charge in [-0.1, -0.05) is 24.9 Å². The van der Waals surface area contributed by atoms with Crippen molar-refractivity contribution in [2.45, 2.75) is 46.1 Å². The summed E-state index contributed by atoms with van der Waals surface area (Å²) < 4.78 is 7.48. The van der Waals surface area contributed by atoms with Crippen molar-refractivity contribution in [1.82, 2.24) is 9.78 Å². The van der Waals surface area contributed by atoms with Gasteiger partial charge in [-0.15, -0.1) is 0 Å². The Morgan fingerprint density at radius 1 is 1.33 bits per heavy atom. The van der Waals surface area contributed by atoms with Crippen LogP contribution in [-0.2, 0) is 11.3 Å². The lowest BCUT2D eigenvalue weighted by molar-refractivity contribution is -0.116. The van der Waals surface area contributed by atoms with Crippen LogP contribution < -0.4 is 10.1 Å². The molecule has 1 aromatic heterocycles. The monoisotopic (exact) mass is 349 g/mol. The van der Waals surface area contributed by atoms with Crippen LogP contribution in [0.25, 0.3) is 0 Å². The van der Waals surface area contributed by atoms with Crippen LogP contribution in [0.5, 0.6) is 5.75 Å². The molecular weight excluding hydrogens is 326 g/mol. The minimum atomic E-state index is -0.0239. The van der Waals surface area contributed by atoms with Crippen LogP contribution in [0.2, 0.25) is 5.02 Å². The minimum Gasteiger partial charge on any atom is -0.494 e. The fraction of sp³-hybridized carbons (Fsp3) is 0.444. The van der Waals surface area contributed by atoms with Gasteiger partial charge in [-0.25, -0.2) is 4.68 Å². The zero-order valence-corrected chi connectivity index (χ0v) is 15.0. The Labute approximate surface area is 148 Å². The van der Waals surface area contributed by atoms with E-state index < -0.39 is 0 Å². The Hall–Kier alpha value is -2.01. The summed E-state index contributed by atoms with van der Waals surface area (Å²) >= 11 is 5.98. The van der Waals surface area contributed by atoms with Gasteiger partial charge in [0.2, 0.25) is 5.91 Å². The Bertz CT molecular complexity index is 670. The second-order valence-electron chi connectivity index (χ2n) is 5.70. The van der Waals surface area contributed by atoms with E-state index in [0.29, 0.717) is 19.4 Å². The first-order chi connectivity index (χ1) is 11.6. The number of aromatic nitrogens is 2. The molecule has 0 unspecified atom stereocenters. The van der Waals surface area contributed by atoms with Gasteiger partial charge in [0.25, 0.3) is 0 Å². The molecule has 0 aliphatic rings. The molecular formula is C18H24ClN3O2. The standard InChI is InChI=1S/C18H24ClN3O2/c1-3-4-11-22-17(9-10-20-22)21-18(23)6-5-12-24-15-7-8-16(19)14(2)13-15/h7-10,13H,3-6,11-12H2,1-2H3,(H,21,23). The molecule has 1 N–H and O–H groups in total. The molecule has 0 aliphatic heterocycles. The molecule has 0 radical (unpaired) electrons. The average Bonchev–Trinajstić information content (AvgIpc) is 3.00. The van der Waals surface area contributed by atoms with E-state index in [2.05, 4.69) is 17.3 Å². The lowest BCUT2D eigenvalue weighted by atomic mass is 10.2. The summed E-state index contributed by atoms with van der Waals surface area (Å²) in [4.78, 5) is 12.0. The van der Waals surface area contributed by atoms with Crippen molar-refractivity contribution >= 4 is 23.3 Å². The normalized spacial score (nSPS) is 10.6. The predicted molar refractivity (Wildman–Crippen MR) is 96.7 cm³/mol. The molecule has 1 amide bonds. The molecule has 0 bridgehead atoms. The number of hydrogen-bond acceptors (Lipinski definition) is 3. The number of unbranched alkanes of at least 4 members (excludes halogenated alkanes) is 1. The Morgan fingerprint density at radius 2 is 2.17 bits per heavy atom. The zero-order valence-electron chi connectivity index (χ0n) is 14.2. The number of benzene rings is 1. The van der Waals surface area contributed by atoms with E-state index in [0.717, 1.165) is 41.5 Å². The van der Waals surface area contributed by atoms with Crippen LogP contribution in [0.1, 0.15) is 38.2 Å². The number of carbonyl (C=O) groups excluding carboxylic acids is 1. The Balaban J connectivity index is 1.71. The molecule has 2 rings (SSSR count). The molecule has 2 aromatic rings. The largest absolute Gasteiger partial charge is 0.494 e. The van der Waals surface area contributed by atoms with Crippen molar-refractivity contribution in [1.29, 1.82) is 0 Å². The molecule has 0 spiro atoms. The topological polar surface area (TPSA) is 56.2 Å². The first-order valence-corrected chi connectivity index (χ1v) is 8.68. The zero-order chi connectivity index (χ0) is 17.4. The number of carbonyl (C=O) groups is 1. The molecule has 1 heterocycles. The van der Waals surface area contributed by atoms with Crippen LogP contribution in [0, 0.1) is 6.92 Å². The third kappa shape index (κ3) is 5.57. The van der Waals surface area contributed by atoms with Crippen LogP contribution in [-0.4, -0.2) is 22.3 Å². The third-order valence-electron chi connectivity index (χ3n) is 3.65. The summed E-state index contributed by atoms with van der Waals surface area (Å²) in [7, 11) is 0. The number of rotatable bonds is 9. The van der Waals surface area contributed by atoms with Gasteiger partial charge in [0.1, 0.15) is 11.6 Å². The fourth-order valence-corrected chi connectivity index (χ4v) is 2.38. The van der Waals surface area contributed by atoms with E-state index >= 15 is 0 Å². The van der Waals surface area contributed by atoms with Gasteiger partial charge in [0.05, 0.1) is 12.8 Å². The molecule has 1 aromatic carbocycles. The number of nitrogens with zero attached hydrogens (tertiary/aromatic N) is 2. The number of nitrogens with one attached hydrogen (secondary N) is 1. The Kier molecular flexibility index (Phi) is 7.12. The molecule has 0 aliphatic carbocycles. The second-order valence-corrected chi connectivity index (χ2v) is 6.11. The SMILES string of the molecule is CCCCn1nccc1NC(=O)CCCOc1ccc(Cl)c(C)c1. The quantitative estimate of drug-likeness (QED) is 0.681. The van der Waals surface area contributed by atoms with E-state index in [9.17, 15) is 4.79 Å². The summed E-state index contributed by atoms with van der Waals surface area (Å²) in [5.41, 5.74) is 0.979. The average molecular weight is 350 g/mol. The number of aryl methyl sites for hydroxylation is 2. The molecule has 0 saturated heterocycles. The van der Waals surface area contributed by atoms with Gasteiger partial charge < -0.3 is 10.1 Å². The number of amides is 1. The van der Waals surface area contributed by atoms with Crippen molar-refractivity contribution in [3.63, 3.8) is 0 Å². The third-order valence-corrected chi connectivity index (χ3v) is 4.08. The highest BCUT2D eigenvalue weighted by Gasteiger charge is 2.07. The minimum absolute atomic E-state index is 0.0239. The van der Waals surface area contributed by atoms with E-state index in [-0.39, 0.29) is 5.91 Å². The lowest BCUT2D eigenvalue weighted by Crippen LogP contribution is -2.16. The number of hydrogen-bond donors (Lipinski definition) is 1. The Morgan fingerprint density at radius 3 is 2.92 bits per heavy atom. The van der Waals surface area contributed by atoms with Gasteiger partial charge in [0, 0.05) is 24.1 Å². The molecule has 6 heteroatoms. The molecule has 0 fully saturated rings. The van der Waals surface area contributed by atoms with Crippen LogP contribution in [0.3, 0.4) is 0 Å². The summed E-state index contributed by atoms with van der Waals surface area (Å²) in [5, 5.41) is 7.85. The van der Waals surface area contributed by atoms with Gasteiger partial charge in [-0.2, -0.15) is 5.10 Å². The van der Waals surface area contributed by atoms with Crippen molar-refractivity contribution in [2.24, 2.45) is 0 Å². The maximum atomic E-state index is 12.0. The highest BCUT2D eigenvalue weighted by molar-refractivity contribution is 6.31. The molecule has 5 nitrogen and oxygen atoms in total. The lowest BCUT2D eigenvalue weighted by Gasteiger charge is -2.09. The fourth-order valence-electron chi connectivity index (χ4n) is 2.26. The van der Waals surface area contributed by atoms with Crippen LogP contribution in [0.15, 0.2) is 30.5 Å². The summed E-state index contributed by atoms with van der Waals surface area (Å²) in [5.74, 6) is 1.50. The summed E-state index contributed by atoms with van der Waals surface area (Å²) in [6, 6.07) is 7.37. The summed E-state index contributed by atoms with van der Waals surface area (Å²) in [6.07, 6.45) is 4.90. The van der Waals surface area contributed by atoms with Gasteiger partial charge >= 0.3 is 0 Å². The molecule has 0 saturated carbocycles. The first kappa shape index (κ1) is 18.3. The molecule has 0 atom stereocenters. The molecule has 24 heavy (non-hydrogen) atoms. The highest BCUT2D eigenvalue weighted by atomic mass is 35.5. The smallest absolute Gasteiger partial charge is 0.225 e. The van der Waals surface area contributed by atoms with Crippen molar-refractivity contribution < 1.29 is 9.53 Å². The molecule has 130 valence electrons. The second kappa shape index (κ2) is 9.33. The van der Waals surface area contributed by atoms with Crippen LogP contribution in [0.4, 0.5) is 5.82 Å². The maximum Gasteiger partial charge on any atom is 0.225 e. The number of ether oxygens (including phenoxy) is 1. The first-order valence-electron chi connectivity index (χ1n) is 8.30. The number of halogens is 1. The van der Waals surface area contributed by atoms with Crippen molar-refractivity contribution in [3.8, 4) is 5.75 Å². The van der Waals surface area contributed by atoms with E-state index in [4.69, 9.17) is 16.3 Å². The number of anilines is 1. The van der Waals surface area contributed by atoms with E-state index in [1.165, 1.54) is 0 Å². The van der Waals surface area contributed by atoms with Gasteiger partial charge in [-0.3, -0.25) is 4.79 Å². The van der Waals surface area contributed by atoms with E-state index in [1.807, 2.05) is 35.9 Å². The highest BCUT2D eigenvalue weighted by Crippen LogP contribution is 2.21. The van der Waals surface area contributed by atoms with Crippen molar-refractivity contribution in [2.75, 3.05) is 11.9 Å². The predicted octanol–water partition coefficient (Wildman–Crippen LogP) is 4.44. The maximum absolute atomic E-state index is 12.0. The van der Waals surface area contributed by atoms with Gasteiger partial charge in [-0.05, 0) is 43.5 Å². The van der Waals surface area contributed by atoms with Gasteiger partial charge in [0.15, 0.2) is 0 Å². The van der Waals surface area contributed by atoms with Crippen LogP contribution >= 0.6 is 11.6 Å². The van der Waals surface area contributed by atoms with Crippen molar-refractivity contribution in [3.05, 3.63) is 41.0 Å². The summed E-state index contributed by atoms with van der Waals surface area (Å²) in [6.45, 7) is 5.37. The van der Waals surface area contributed by atoms with E-state index in [1.54, 1.807) is 6.20 Å².